The summed E-state index contributed by atoms with van der Waals surface area (Å²) < 4.78 is 10.1. The fourth-order valence-corrected chi connectivity index (χ4v) is 6.59. The van der Waals surface area contributed by atoms with E-state index in [0.717, 1.165) is 58.0 Å². The molecule has 4 aromatic heterocycles. The number of nitrogens with zero attached hydrogens (tertiary/aromatic N) is 8. The second-order valence-electron chi connectivity index (χ2n) is 8.19. The molecule has 6 rings (SSSR count). The van der Waals surface area contributed by atoms with Crippen molar-refractivity contribution in [3.8, 4) is 11.4 Å². The largest absolute Gasteiger partial charge is 0.467 e. The first kappa shape index (κ1) is 20.8. The lowest BCUT2D eigenvalue weighted by molar-refractivity contribution is 0.479. The van der Waals surface area contributed by atoms with E-state index in [1.807, 2.05) is 30.5 Å². The highest BCUT2D eigenvalue weighted by Crippen LogP contribution is 2.39. The zero-order valence-corrected chi connectivity index (χ0v) is 19.7. The molecule has 0 saturated carbocycles. The Balaban J connectivity index is 1.25. The summed E-state index contributed by atoms with van der Waals surface area (Å²) in [6.45, 7) is 2.68. The highest BCUT2D eigenvalue weighted by molar-refractivity contribution is 8.00. The summed E-state index contributed by atoms with van der Waals surface area (Å²) in [4.78, 5) is 6.61. The Morgan fingerprint density at radius 3 is 2.82 bits per heavy atom. The van der Waals surface area contributed by atoms with Gasteiger partial charge in [-0.1, -0.05) is 23.5 Å². The molecule has 170 valence electrons. The fourth-order valence-electron chi connectivity index (χ4n) is 4.35. The minimum absolute atomic E-state index is 0.271. The van der Waals surface area contributed by atoms with Gasteiger partial charge in [0.15, 0.2) is 16.1 Å². The van der Waals surface area contributed by atoms with Crippen molar-refractivity contribution in [2.24, 2.45) is 0 Å². The lowest BCUT2D eigenvalue weighted by Gasteiger charge is -2.27. The van der Waals surface area contributed by atoms with Gasteiger partial charge in [0.2, 0.25) is 5.95 Å². The van der Waals surface area contributed by atoms with Crippen molar-refractivity contribution in [2.45, 2.75) is 42.2 Å². The second-order valence-corrected chi connectivity index (χ2v) is 10.2. The van der Waals surface area contributed by atoms with Crippen LogP contribution in [0.1, 0.15) is 31.1 Å². The Labute approximate surface area is 200 Å². The first-order valence-corrected chi connectivity index (χ1v) is 13.2. The van der Waals surface area contributed by atoms with Crippen LogP contribution in [-0.2, 0) is 6.54 Å². The molecule has 4 aromatic rings. The zero-order chi connectivity index (χ0) is 22.0. The minimum Gasteiger partial charge on any atom is -0.467 e. The molecule has 1 unspecified atom stereocenters. The van der Waals surface area contributed by atoms with Crippen LogP contribution in [0.2, 0.25) is 0 Å². The lowest BCUT2D eigenvalue weighted by atomic mass is 10.1. The van der Waals surface area contributed by atoms with Gasteiger partial charge in [-0.2, -0.15) is 0 Å². The number of anilines is 1. The minimum atomic E-state index is 0.271. The van der Waals surface area contributed by atoms with Crippen molar-refractivity contribution >= 4 is 29.5 Å². The van der Waals surface area contributed by atoms with Crippen LogP contribution in [0.25, 0.3) is 11.4 Å². The van der Waals surface area contributed by atoms with E-state index in [2.05, 4.69) is 39.4 Å². The summed E-state index contributed by atoms with van der Waals surface area (Å²) in [6, 6.07) is 8.17. The van der Waals surface area contributed by atoms with E-state index in [1.165, 1.54) is 19.3 Å². The molecule has 0 spiro atoms. The number of hydrogen-bond donors (Lipinski definition) is 0. The maximum absolute atomic E-state index is 5.65. The molecule has 6 heterocycles. The van der Waals surface area contributed by atoms with Gasteiger partial charge in [-0.05, 0) is 43.5 Å². The SMILES string of the molecule is c1cncc(-c2nnc3n2C(CSc2nnc(N4CCCCC4)n2Cc2ccco2)CS3)c1. The number of thioether (sulfide) groups is 2. The summed E-state index contributed by atoms with van der Waals surface area (Å²) in [5, 5.41) is 19.9. The third-order valence-electron chi connectivity index (χ3n) is 5.99. The van der Waals surface area contributed by atoms with Crippen molar-refractivity contribution in [1.82, 2.24) is 34.5 Å². The highest BCUT2D eigenvalue weighted by atomic mass is 32.2. The molecule has 1 saturated heterocycles. The Morgan fingerprint density at radius 2 is 2.00 bits per heavy atom. The Hall–Kier alpha value is -2.79. The van der Waals surface area contributed by atoms with E-state index in [1.54, 1.807) is 36.0 Å². The fraction of sp³-hybridized carbons (Fsp3) is 0.409. The molecule has 0 bridgehead atoms. The van der Waals surface area contributed by atoms with Gasteiger partial charge in [-0.15, -0.1) is 20.4 Å². The Kier molecular flexibility index (Phi) is 5.81. The predicted octanol–water partition coefficient (Wildman–Crippen LogP) is 4.00. The smallest absolute Gasteiger partial charge is 0.228 e. The molecular formula is C22H24N8OS2. The van der Waals surface area contributed by atoms with Gasteiger partial charge >= 0.3 is 0 Å². The highest BCUT2D eigenvalue weighted by Gasteiger charge is 2.30. The number of hydrogen-bond acceptors (Lipinski definition) is 9. The zero-order valence-electron chi connectivity index (χ0n) is 18.1. The van der Waals surface area contributed by atoms with Crippen LogP contribution in [0.4, 0.5) is 5.95 Å². The molecular weight excluding hydrogens is 456 g/mol. The monoisotopic (exact) mass is 480 g/mol. The van der Waals surface area contributed by atoms with Crippen LogP contribution in [0.5, 0.6) is 0 Å². The molecule has 0 radical (unpaired) electrons. The average Bonchev–Trinajstić information content (AvgIpc) is 3.65. The van der Waals surface area contributed by atoms with Crippen LogP contribution >= 0.6 is 23.5 Å². The number of aromatic nitrogens is 7. The molecule has 1 atom stereocenters. The molecule has 0 aliphatic carbocycles. The predicted molar refractivity (Wildman–Crippen MR) is 128 cm³/mol. The van der Waals surface area contributed by atoms with Crippen LogP contribution in [-0.4, -0.2) is 59.1 Å². The topological polar surface area (TPSA) is 90.7 Å². The Bertz CT molecular complexity index is 1200. The van der Waals surface area contributed by atoms with Gasteiger partial charge < -0.3 is 9.32 Å². The standard InChI is InChI=1S/C22H24N8OS2/c1-2-9-28(10-3-1)20-25-26-21(29(20)13-18-7-5-11-31-18)32-14-17-15-33-22-27-24-19(30(17)22)16-6-4-8-23-12-16/h4-8,11-12,17H,1-3,9-10,13-15H2. The molecule has 9 nitrogen and oxygen atoms in total. The third kappa shape index (κ3) is 4.15. The van der Waals surface area contributed by atoms with E-state index in [0.29, 0.717) is 6.54 Å². The van der Waals surface area contributed by atoms with Gasteiger partial charge in [-0.3, -0.25) is 14.1 Å². The van der Waals surface area contributed by atoms with Crippen molar-refractivity contribution < 1.29 is 4.42 Å². The molecule has 1 fully saturated rings. The van der Waals surface area contributed by atoms with E-state index in [4.69, 9.17) is 4.42 Å². The molecule has 0 amide bonds. The summed E-state index contributed by atoms with van der Waals surface area (Å²) in [6.07, 6.45) is 9.01. The number of pyridine rings is 1. The van der Waals surface area contributed by atoms with Crippen molar-refractivity contribution in [2.75, 3.05) is 29.5 Å². The third-order valence-corrected chi connectivity index (χ3v) is 8.19. The van der Waals surface area contributed by atoms with Gasteiger partial charge in [0.1, 0.15) is 5.76 Å². The van der Waals surface area contributed by atoms with Crippen molar-refractivity contribution in [3.63, 3.8) is 0 Å². The van der Waals surface area contributed by atoms with Gasteiger partial charge in [0.05, 0.1) is 18.8 Å². The summed E-state index contributed by atoms with van der Waals surface area (Å²) in [5.41, 5.74) is 0.988. The van der Waals surface area contributed by atoms with Gasteiger partial charge in [0.25, 0.3) is 0 Å². The maximum Gasteiger partial charge on any atom is 0.228 e. The molecule has 2 aliphatic rings. The summed E-state index contributed by atoms with van der Waals surface area (Å²) in [7, 11) is 0. The molecule has 0 aromatic carbocycles. The molecule has 2 aliphatic heterocycles. The second kappa shape index (κ2) is 9.22. The lowest BCUT2D eigenvalue weighted by Crippen LogP contribution is -2.32. The van der Waals surface area contributed by atoms with Crippen LogP contribution in [0.3, 0.4) is 0 Å². The van der Waals surface area contributed by atoms with Crippen molar-refractivity contribution in [3.05, 3.63) is 48.7 Å². The Morgan fingerprint density at radius 1 is 1.06 bits per heavy atom. The summed E-state index contributed by atoms with van der Waals surface area (Å²) >= 11 is 3.49. The van der Waals surface area contributed by atoms with Crippen LogP contribution < -0.4 is 4.90 Å². The van der Waals surface area contributed by atoms with E-state index in [-0.39, 0.29) is 6.04 Å². The summed E-state index contributed by atoms with van der Waals surface area (Å²) in [5.74, 6) is 4.55. The van der Waals surface area contributed by atoms with Crippen LogP contribution in [0.15, 0.2) is 57.7 Å². The number of piperidine rings is 1. The van der Waals surface area contributed by atoms with E-state index < -0.39 is 0 Å². The normalized spacial score (nSPS) is 18.1. The van der Waals surface area contributed by atoms with Gasteiger partial charge in [0, 0.05) is 42.6 Å². The van der Waals surface area contributed by atoms with Crippen molar-refractivity contribution in [1.29, 1.82) is 0 Å². The first-order valence-electron chi connectivity index (χ1n) is 11.2. The number of rotatable bonds is 7. The number of fused-ring (bicyclic) bond motifs is 1. The quantitative estimate of drug-likeness (QED) is 0.364. The van der Waals surface area contributed by atoms with E-state index in [9.17, 15) is 0 Å². The average molecular weight is 481 g/mol. The molecule has 0 N–H and O–H groups in total. The molecule has 11 heteroatoms. The van der Waals surface area contributed by atoms with Crippen LogP contribution in [0, 0.1) is 0 Å². The maximum atomic E-state index is 5.65. The number of furan rings is 1. The molecule has 33 heavy (non-hydrogen) atoms. The first-order chi connectivity index (χ1) is 16.4. The van der Waals surface area contributed by atoms with E-state index >= 15 is 0 Å². The van der Waals surface area contributed by atoms with Gasteiger partial charge in [-0.25, -0.2) is 0 Å².